The number of benzene rings is 2. The van der Waals surface area contributed by atoms with Crippen molar-refractivity contribution in [2.45, 2.75) is 19.0 Å². The molecular formula is C23H20ClF3N2O4S2. The number of ether oxygens (including phenoxy) is 2. The fraction of sp³-hybridized carbons (Fsp3) is 0.261. The Balaban J connectivity index is 1.58. The van der Waals surface area contributed by atoms with Crippen molar-refractivity contribution in [1.29, 1.82) is 0 Å². The van der Waals surface area contributed by atoms with Gasteiger partial charge in [0.25, 0.3) is 5.91 Å². The van der Waals surface area contributed by atoms with Crippen molar-refractivity contribution in [3.63, 3.8) is 0 Å². The number of hydrogen-bond donors (Lipinski definition) is 1. The third-order valence-corrected chi connectivity index (χ3v) is 6.63. The maximum Gasteiger partial charge on any atom is 0.417 e. The molecule has 1 N–H and O–H groups in total. The summed E-state index contributed by atoms with van der Waals surface area (Å²) in [6, 6.07) is 8.38. The summed E-state index contributed by atoms with van der Waals surface area (Å²) in [5, 5.41) is 1.97. The molecule has 0 aliphatic carbocycles. The predicted octanol–water partition coefficient (Wildman–Crippen LogP) is 6.00. The Hall–Kier alpha value is -2.76. The standard InChI is InChI=1S/C23H20ClF3N2O4S2/c1-32-17-8-5-13(10-18(17)33-2)11-19-21(31)29(22(34)35-19)9-3-4-20(30)28-14-6-7-16(24)15(12-14)23(25,26)27/h5-8,10-12H,3-4,9H2,1-2H3,(H,28,30). The Morgan fingerprint density at radius 3 is 2.54 bits per heavy atom. The van der Waals surface area contributed by atoms with Gasteiger partial charge in [-0.05, 0) is 48.4 Å². The van der Waals surface area contributed by atoms with Crippen molar-refractivity contribution in [1.82, 2.24) is 4.90 Å². The largest absolute Gasteiger partial charge is 0.493 e. The van der Waals surface area contributed by atoms with E-state index >= 15 is 0 Å². The molecule has 1 aliphatic heterocycles. The summed E-state index contributed by atoms with van der Waals surface area (Å²) in [7, 11) is 3.04. The molecule has 6 nitrogen and oxygen atoms in total. The first-order valence-electron chi connectivity index (χ1n) is 10.2. The SMILES string of the molecule is COc1ccc(C=C2SC(=S)N(CCCC(=O)Nc3ccc(Cl)c(C(F)(F)F)c3)C2=O)cc1OC. The van der Waals surface area contributed by atoms with Crippen molar-refractivity contribution in [2.24, 2.45) is 0 Å². The number of nitrogens with zero attached hydrogens (tertiary/aromatic N) is 1. The summed E-state index contributed by atoms with van der Waals surface area (Å²) in [6.45, 7) is 0.190. The minimum atomic E-state index is -4.64. The smallest absolute Gasteiger partial charge is 0.417 e. The predicted molar refractivity (Wildman–Crippen MR) is 134 cm³/mol. The van der Waals surface area contributed by atoms with Gasteiger partial charge in [-0.3, -0.25) is 14.5 Å². The summed E-state index contributed by atoms with van der Waals surface area (Å²) in [5.74, 6) is 0.295. The van der Waals surface area contributed by atoms with Gasteiger partial charge in [0.05, 0.1) is 29.7 Å². The van der Waals surface area contributed by atoms with Gasteiger partial charge in [-0.1, -0.05) is 41.6 Å². The molecule has 2 amide bonds. The molecule has 1 fully saturated rings. The quantitative estimate of drug-likeness (QED) is 0.325. The number of hydrogen-bond acceptors (Lipinski definition) is 6. The van der Waals surface area contributed by atoms with E-state index in [1.165, 1.54) is 25.2 Å². The molecule has 0 saturated carbocycles. The number of carbonyl (C=O) groups is 2. The van der Waals surface area contributed by atoms with Gasteiger partial charge in [0.1, 0.15) is 4.32 Å². The van der Waals surface area contributed by atoms with Gasteiger partial charge >= 0.3 is 6.18 Å². The zero-order valence-corrected chi connectivity index (χ0v) is 21.0. The van der Waals surface area contributed by atoms with Crippen molar-refractivity contribution in [2.75, 3.05) is 26.1 Å². The van der Waals surface area contributed by atoms with Gasteiger partial charge in [-0.25, -0.2) is 0 Å². The monoisotopic (exact) mass is 544 g/mol. The van der Waals surface area contributed by atoms with E-state index in [0.717, 1.165) is 29.5 Å². The molecule has 35 heavy (non-hydrogen) atoms. The van der Waals surface area contributed by atoms with E-state index in [1.54, 1.807) is 24.3 Å². The van der Waals surface area contributed by atoms with Crippen LogP contribution in [0, 0.1) is 0 Å². The lowest BCUT2D eigenvalue weighted by molar-refractivity contribution is -0.137. The Kier molecular flexibility index (Phi) is 8.68. The van der Waals surface area contributed by atoms with Crippen LogP contribution >= 0.6 is 35.6 Å². The summed E-state index contributed by atoms with van der Waals surface area (Å²) < 4.78 is 49.8. The highest BCUT2D eigenvalue weighted by molar-refractivity contribution is 8.26. The normalized spacial score (nSPS) is 15.0. The van der Waals surface area contributed by atoms with Crippen molar-refractivity contribution in [3.8, 4) is 11.5 Å². The molecule has 0 spiro atoms. The summed E-state index contributed by atoms with van der Waals surface area (Å²) in [6.07, 6.45) is -2.70. The van der Waals surface area contributed by atoms with Crippen LogP contribution in [0.3, 0.4) is 0 Å². The second kappa shape index (κ2) is 11.3. The number of halogens is 4. The number of nitrogens with one attached hydrogen (secondary N) is 1. The highest BCUT2D eigenvalue weighted by atomic mass is 35.5. The number of thiocarbonyl (C=S) groups is 1. The highest BCUT2D eigenvalue weighted by Gasteiger charge is 2.34. The van der Waals surface area contributed by atoms with E-state index in [4.69, 9.17) is 33.3 Å². The Morgan fingerprint density at radius 1 is 1.17 bits per heavy atom. The minimum Gasteiger partial charge on any atom is -0.493 e. The summed E-state index contributed by atoms with van der Waals surface area (Å²) >= 11 is 12.0. The van der Waals surface area contributed by atoms with Crippen LogP contribution in [0.15, 0.2) is 41.3 Å². The molecule has 1 saturated heterocycles. The molecule has 0 radical (unpaired) electrons. The van der Waals surface area contributed by atoms with Gasteiger partial charge in [0.15, 0.2) is 11.5 Å². The van der Waals surface area contributed by atoms with Crippen LogP contribution in [0.25, 0.3) is 6.08 Å². The van der Waals surface area contributed by atoms with Gasteiger partial charge in [0.2, 0.25) is 5.91 Å². The molecule has 3 rings (SSSR count). The van der Waals surface area contributed by atoms with Crippen molar-refractivity contribution >= 4 is 63.5 Å². The highest BCUT2D eigenvalue weighted by Crippen LogP contribution is 2.37. The van der Waals surface area contributed by atoms with E-state index in [9.17, 15) is 22.8 Å². The average molecular weight is 545 g/mol. The summed E-state index contributed by atoms with van der Waals surface area (Å²) in [4.78, 5) is 26.8. The Morgan fingerprint density at radius 2 is 1.89 bits per heavy atom. The second-order valence-corrected chi connectivity index (χ2v) is 9.37. The van der Waals surface area contributed by atoms with Gasteiger partial charge in [-0.2, -0.15) is 13.2 Å². The molecule has 0 unspecified atom stereocenters. The first kappa shape index (κ1) is 26.8. The molecule has 12 heteroatoms. The van der Waals surface area contributed by atoms with Gasteiger partial charge in [0, 0.05) is 18.7 Å². The first-order chi connectivity index (χ1) is 16.5. The molecule has 2 aromatic carbocycles. The lowest BCUT2D eigenvalue weighted by Gasteiger charge is -2.14. The number of carbonyl (C=O) groups excluding carboxylic acids is 2. The van der Waals surface area contributed by atoms with E-state index in [-0.39, 0.29) is 31.0 Å². The Bertz CT molecular complexity index is 1190. The number of thioether (sulfide) groups is 1. The van der Waals surface area contributed by atoms with E-state index in [1.807, 2.05) is 0 Å². The van der Waals surface area contributed by atoms with Crippen LogP contribution in [-0.2, 0) is 15.8 Å². The third-order valence-electron chi connectivity index (χ3n) is 4.92. The second-order valence-electron chi connectivity index (χ2n) is 7.29. The van der Waals surface area contributed by atoms with Crippen LogP contribution in [0.5, 0.6) is 11.5 Å². The van der Waals surface area contributed by atoms with E-state index in [2.05, 4.69) is 5.32 Å². The molecule has 0 atom stereocenters. The molecule has 186 valence electrons. The van der Waals surface area contributed by atoms with Crippen LogP contribution in [-0.4, -0.2) is 41.8 Å². The van der Waals surface area contributed by atoms with Crippen LogP contribution in [0.4, 0.5) is 18.9 Å². The fourth-order valence-corrected chi connectivity index (χ4v) is 4.76. The van der Waals surface area contributed by atoms with Gasteiger partial charge < -0.3 is 14.8 Å². The van der Waals surface area contributed by atoms with Crippen molar-refractivity contribution < 1.29 is 32.2 Å². The lowest BCUT2D eigenvalue weighted by Crippen LogP contribution is -2.29. The summed E-state index contributed by atoms with van der Waals surface area (Å²) in [5.41, 5.74) is -0.324. The Labute approximate surface area is 214 Å². The van der Waals surface area contributed by atoms with E-state index in [0.29, 0.717) is 20.7 Å². The van der Waals surface area contributed by atoms with Crippen molar-refractivity contribution in [3.05, 3.63) is 57.5 Å². The molecule has 0 aromatic heterocycles. The zero-order chi connectivity index (χ0) is 25.8. The molecule has 1 aliphatic rings. The van der Waals surface area contributed by atoms with Gasteiger partial charge in [-0.15, -0.1) is 0 Å². The number of rotatable bonds is 8. The number of amides is 2. The number of anilines is 1. The zero-order valence-electron chi connectivity index (χ0n) is 18.6. The van der Waals surface area contributed by atoms with Crippen LogP contribution in [0.2, 0.25) is 5.02 Å². The lowest BCUT2D eigenvalue weighted by atomic mass is 10.1. The molecule has 2 aromatic rings. The third kappa shape index (κ3) is 6.68. The van der Waals surface area contributed by atoms with E-state index < -0.39 is 22.7 Å². The maximum absolute atomic E-state index is 13.0. The fourth-order valence-electron chi connectivity index (χ4n) is 3.23. The van der Waals surface area contributed by atoms with Crippen LogP contribution in [0.1, 0.15) is 24.0 Å². The maximum atomic E-state index is 13.0. The molecular weight excluding hydrogens is 525 g/mol. The number of alkyl halides is 3. The first-order valence-corrected chi connectivity index (χ1v) is 11.8. The molecule has 0 bridgehead atoms. The number of methoxy groups -OCH3 is 2. The average Bonchev–Trinajstić information content (AvgIpc) is 3.06. The topological polar surface area (TPSA) is 67.9 Å². The minimum absolute atomic E-state index is 0.0181. The van der Waals surface area contributed by atoms with Crippen LogP contribution < -0.4 is 14.8 Å². The molecule has 1 heterocycles.